The number of amides is 1. The number of aryl methyl sites for hydroxylation is 1. The Hall–Kier alpha value is -1.93. The largest absolute Gasteiger partial charge is 0.393 e. The lowest BCUT2D eigenvalue weighted by atomic mass is 9.94. The van der Waals surface area contributed by atoms with Crippen LogP contribution in [0.15, 0.2) is 10.9 Å². The fourth-order valence-corrected chi connectivity index (χ4v) is 3.18. The molecule has 1 aliphatic rings. The Kier molecular flexibility index (Phi) is 6.18. The molecule has 0 aliphatic carbocycles. The molecule has 0 saturated carbocycles. The first-order valence-electron chi connectivity index (χ1n) is 8.76. The van der Waals surface area contributed by atoms with Crippen molar-refractivity contribution in [2.24, 2.45) is 0 Å². The van der Waals surface area contributed by atoms with Crippen LogP contribution >= 0.6 is 0 Å². The van der Waals surface area contributed by atoms with Gasteiger partial charge in [0.2, 0.25) is 5.91 Å². The number of hydrogen-bond acceptors (Lipinski definition) is 6. The number of carbonyl (C=O) groups is 1. The van der Waals surface area contributed by atoms with Gasteiger partial charge in [0.25, 0.3) is 5.56 Å². The number of carbonyl (C=O) groups excluding carboxylic acids is 1. The van der Waals surface area contributed by atoms with Gasteiger partial charge in [-0.1, -0.05) is 13.3 Å². The van der Waals surface area contributed by atoms with Crippen LogP contribution in [0.4, 0.5) is 5.82 Å². The molecule has 0 bridgehead atoms. The minimum Gasteiger partial charge on any atom is -0.393 e. The second-order valence-corrected chi connectivity index (χ2v) is 6.90. The van der Waals surface area contributed by atoms with Crippen molar-refractivity contribution in [3.05, 3.63) is 22.2 Å². The second-order valence-electron chi connectivity index (χ2n) is 6.90. The molecule has 8 heteroatoms. The summed E-state index contributed by atoms with van der Waals surface area (Å²) < 4.78 is 0. The predicted molar refractivity (Wildman–Crippen MR) is 94.5 cm³/mol. The van der Waals surface area contributed by atoms with E-state index in [4.69, 9.17) is 0 Å². The van der Waals surface area contributed by atoms with Crippen LogP contribution < -0.4 is 15.8 Å². The molecule has 1 aliphatic heterocycles. The zero-order chi connectivity index (χ0) is 18.6. The number of aliphatic hydroxyl groups excluding tert-OH is 1. The summed E-state index contributed by atoms with van der Waals surface area (Å²) in [6.45, 7) is 6.23. The summed E-state index contributed by atoms with van der Waals surface area (Å²) in [5, 5.41) is 23.4. The van der Waals surface area contributed by atoms with Crippen molar-refractivity contribution in [2.45, 2.75) is 64.2 Å². The molecule has 2 rings (SSSR count). The molecule has 3 atom stereocenters. The molecule has 1 amide bonds. The number of rotatable bonds is 7. The van der Waals surface area contributed by atoms with E-state index in [2.05, 4.69) is 15.3 Å². The first-order chi connectivity index (χ1) is 11.7. The van der Waals surface area contributed by atoms with Crippen LogP contribution in [0.3, 0.4) is 0 Å². The number of hydrogen-bond donors (Lipinski definition) is 4. The number of aromatic amines is 1. The molecule has 0 radical (unpaired) electrons. The molecule has 140 valence electrons. The Bertz CT molecular complexity index is 662. The molecule has 0 spiro atoms. The van der Waals surface area contributed by atoms with E-state index in [1.54, 1.807) is 13.8 Å². The van der Waals surface area contributed by atoms with E-state index in [0.29, 0.717) is 31.0 Å². The zero-order valence-corrected chi connectivity index (χ0v) is 15.1. The number of nitrogens with one attached hydrogen (secondary N) is 2. The molecule has 2 heterocycles. The summed E-state index contributed by atoms with van der Waals surface area (Å²) in [6.07, 6.45) is 1.22. The normalized spacial score (nSPS) is 22.7. The lowest BCUT2D eigenvalue weighted by Gasteiger charge is -2.31. The van der Waals surface area contributed by atoms with Gasteiger partial charge in [0.1, 0.15) is 17.2 Å². The molecule has 8 nitrogen and oxygen atoms in total. The Balaban J connectivity index is 1.97. The van der Waals surface area contributed by atoms with Crippen molar-refractivity contribution in [1.29, 1.82) is 0 Å². The quantitative estimate of drug-likeness (QED) is 0.552. The summed E-state index contributed by atoms with van der Waals surface area (Å²) in [6, 6.07) is 0.935. The van der Waals surface area contributed by atoms with Gasteiger partial charge >= 0.3 is 0 Å². The van der Waals surface area contributed by atoms with Crippen LogP contribution in [0.25, 0.3) is 0 Å². The summed E-state index contributed by atoms with van der Waals surface area (Å²) in [5.41, 5.74) is -1.34. The minimum absolute atomic E-state index is 0.0345. The first kappa shape index (κ1) is 19.4. The number of nitrogens with zero attached hydrogens (tertiary/aromatic N) is 2. The van der Waals surface area contributed by atoms with Crippen LogP contribution in [0, 0.1) is 6.92 Å². The van der Waals surface area contributed by atoms with Gasteiger partial charge in [-0.15, -0.1) is 0 Å². The first-order valence-corrected chi connectivity index (χ1v) is 8.76. The number of β-amino-alcohol motifs (C(OH)–C–C–N with tert-alkyl or cyclic N) is 1. The average Bonchev–Trinajstić information content (AvgIpc) is 2.90. The van der Waals surface area contributed by atoms with Crippen molar-refractivity contribution in [1.82, 2.24) is 15.3 Å². The van der Waals surface area contributed by atoms with Crippen LogP contribution in [-0.4, -0.2) is 56.9 Å². The average molecular weight is 352 g/mol. The van der Waals surface area contributed by atoms with Gasteiger partial charge in [0.15, 0.2) is 0 Å². The van der Waals surface area contributed by atoms with Crippen LogP contribution in [0.1, 0.15) is 45.4 Å². The Morgan fingerprint density at radius 1 is 1.56 bits per heavy atom. The SMILES string of the molecule is CCCC(O)CC(=O)NC(C)C1(O)CCN(c2cc(=O)[nH]c(C)n2)C1. The van der Waals surface area contributed by atoms with Gasteiger partial charge in [-0.3, -0.25) is 9.59 Å². The molecule has 4 N–H and O–H groups in total. The molecule has 1 aromatic heterocycles. The lowest BCUT2D eigenvalue weighted by Crippen LogP contribution is -2.53. The summed E-state index contributed by atoms with van der Waals surface area (Å²) >= 11 is 0. The third-order valence-electron chi connectivity index (χ3n) is 4.68. The predicted octanol–water partition coefficient (Wildman–Crippen LogP) is 0.0753. The molecular formula is C17H28N4O4. The van der Waals surface area contributed by atoms with E-state index in [1.165, 1.54) is 6.07 Å². The van der Waals surface area contributed by atoms with E-state index < -0.39 is 17.7 Å². The Morgan fingerprint density at radius 3 is 2.92 bits per heavy atom. The van der Waals surface area contributed by atoms with E-state index in [0.717, 1.165) is 6.42 Å². The van der Waals surface area contributed by atoms with Gasteiger partial charge in [-0.2, -0.15) is 0 Å². The molecule has 1 fully saturated rings. The fraction of sp³-hybridized carbons (Fsp3) is 0.706. The topological polar surface area (TPSA) is 119 Å². The minimum atomic E-state index is -1.11. The third-order valence-corrected chi connectivity index (χ3v) is 4.68. The van der Waals surface area contributed by atoms with Crippen molar-refractivity contribution in [3.8, 4) is 0 Å². The summed E-state index contributed by atoms with van der Waals surface area (Å²) in [4.78, 5) is 32.4. The smallest absolute Gasteiger partial charge is 0.252 e. The van der Waals surface area contributed by atoms with Gasteiger partial charge in [0.05, 0.1) is 25.1 Å². The number of aromatic nitrogens is 2. The highest BCUT2D eigenvalue weighted by Gasteiger charge is 2.42. The molecule has 1 saturated heterocycles. The van der Waals surface area contributed by atoms with E-state index >= 15 is 0 Å². The van der Waals surface area contributed by atoms with Crippen molar-refractivity contribution in [3.63, 3.8) is 0 Å². The maximum atomic E-state index is 12.0. The highest BCUT2D eigenvalue weighted by Crippen LogP contribution is 2.28. The molecule has 25 heavy (non-hydrogen) atoms. The zero-order valence-electron chi connectivity index (χ0n) is 15.1. The standard InChI is InChI=1S/C17H28N4O4/c1-4-5-13(22)8-15(23)18-11(2)17(25)6-7-21(10-17)14-9-16(24)20-12(3)19-14/h9,11,13,22,25H,4-8,10H2,1-3H3,(H,18,23)(H,19,20,24). The molecular weight excluding hydrogens is 324 g/mol. The number of H-pyrrole nitrogens is 1. The maximum absolute atomic E-state index is 12.0. The molecule has 1 aromatic rings. The second kappa shape index (κ2) is 7.97. The monoisotopic (exact) mass is 352 g/mol. The van der Waals surface area contributed by atoms with Gasteiger partial charge in [-0.25, -0.2) is 4.98 Å². The van der Waals surface area contributed by atoms with E-state index in [1.807, 2.05) is 11.8 Å². The third kappa shape index (κ3) is 5.02. The number of aliphatic hydroxyl groups is 2. The van der Waals surface area contributed by atoms with Gasteiger partial charge in [0, 0.05) is 12.6 Å². The van der Waals surface area contributed by atoms with Crippen LogP contribution in [0.5, 0.6) is 0 Å². The Labute approximate surface area is 147 Å². The Morgan fingerprint density at radius 2 is 2.28 bits per heavy atom. The summed E-state index contributed by atoms with van der Waals surface area (Å²) in [7, 11) is 0. The van der Waals surface area contributed by atoms with E-state index in [-0.39, 0.29) is 24.4 Å². The van der Waals surface area contributed by atoms with Crippen LogP contribution in [-0.2, 0) is 4.79 Å². The molecule has 3 unspecified atom stereocenters. The van der Waals surface area contributed by atoms with Crippen molar-refractivity contribution in [2.75, 3.05) is 18.0 Å². The summed E-state index contributed by atoms with van der Waals surface area (Å²) in [5.74, 6) is 0.767. The van der Waals surface area contributed by atoms with Gasteiger partial charge < -0.3 is 25.4 Å². The van der Waals surface area contributed by atoms with Crippen LogP contribution in [0.2, 0.25) is 0 Å². The van der Waals surface area contributed by atoms with Crippen molar-refractivity contribution < 1.29 is 15.0 Å². The fourth-order valence-electron chi connectivity index (χ4n) is 3.18. The highest BCUT2D eigenvalue weighted by molar-refractivity contribution is 5.76. The lowest BCUT2D eigenvalue weighted by molar-refractivity contribution is -0.125. The van der Waals surface area contributed by atoms with Gasteiger partial charge in [-0.05, 0) is 26.7 Å². The molecule has 0 aromatic carbocycles. The van der Waals surface area contributed by atoms with E-state index in [9.17, 15) is 19.8 Å². The van der Waals surface area contributed by atoms with Crippen molar-refractivity contribution >= 4 is 11.7 Å². The maximum Gasteiger partial charge on any atom is 0.252 e. The highest BCUT2D eigenvalue weighted by atomic mass is 16.3. The number of anilines is 1.